The van der Waals surface area contributed by atoms with Crippen molar-refractivity contribution < 1.29 is 0 Å². The topological polar surface area (TPSA) is 53.1 Å². The van der Waals surface area contributed by atoms with Crippen LogP contribution in [0, 0.1) is 5.41 Å². The predicted octanol–water partition coefficient (Wildman–Crippen LogP) is 2.97. The summed E-state index contributed by atoms with van der Waals surface area (Å²) in [5.74, 6) is 0.326. The highest BCUT2D eigenvalue weighted by atomic mass is 15.2. The van der Waals surface area contributed by atoms with Gasteiger partial charge in [-0.2, -0.15) is 0 Å². The zero-order chi connectivity index (χ0) is 13.7. The second kappa shape index (κ2) is 6.71. The largest absolute Gasteiger partial charge is 0.387 e. The SMILES string of the molecule is CCCCN(CC(C(=N)N)c1ccccc1)C1CC1. The van der Waals surface area contributed by atoms with Crippen LogP contribution in [0.1, 0.15) is 44.1 Å². The minimum Gasteiger partial charge on any atom is -0.387 e. The number of benzene rings is 1. The fraction of sp³-hybridized carbons (Fsp3) is 0.562. The first-order chi connectivity index (χ1) is 9.22. The highest BCUT2D eigenvalue weighted by Gasteiger charge is 2.31. The highest BCUT2D eigenvalue weighted by molar-refractivity contribution is 5.84. The molecule has 0 spiro atoms. The van der Waals surface area contributed by atoms with E-state index in [1.54, 1.807) is 0 Å². The predicted molar refractivity (Wildman–Crippen MR) is 80.6 cm³/mol. The summed E-state index contributed by atoms with van der Waals surface area (Å²) >= 11 is 0. The van der Waals surface area contributed by atoms with Gasteiger partial charge in [0.2, 0.25) is 0 Å². The normalized spacial score (nSPS) is 16.5. The van der Waals surface area contributed by atoms with Crippen LogP contribution in [0.25, 0.3) is 0 Å². The Morgan fingerprint density at radius 3 is 2.58 bits per heavy atom. The third-order valence-corrected chi connectivity index (χ3v) is 3.86. The summed E-state index contributed by atoms with van der Waals surface area (Å²) in [5.41, 5.74) is 6.99. The lowest BCUT2D eigenvalue weighted by Gasteiger charge is -2.27. The van der Waals surface area contributed by atoms with E-state index in [-0.39, 0.29) is 11.8 Å². The Kier molecular flexibility index (Phi) is 4.97. The number of hydrogen-bond acceptors (Lipinski definition) is 2. The maximum Gasteiger partial charge on any atom is 0.0995 e. The molecule has 1 aromatic carbocycles. The molecular weight excluding hydrogens is 234 g/mol. The van der Waals surface area contributed by atoms with Crippen LogP contribution in [0.5, 0.6) is 0 Å². The summed E-state index contributed by atoms with van der Waals surface area (Å²) in [7, 11) is 0. The molecule has 1 aromatic rings. The monoisotopic (exact) mass is 259 g/mol. The third-order valence-electron chi connectivity index (χ3n) is 3.86. The summed E-state index contributed by atoms with van der Waals surface area (Å²) in [5, 5.41) is 7.87. The van der Waals surface area contributed by atoms with Crippen molar-refractivity contribution in [3.63, 3.8) is 0 Å². The Hall–Kier alpha value is -1.35. The fourth-order valence-electron chi connectivity index (χ4n) is 2.53. The van der Waals surface area contributed by atoms with E-state index >= 15 is 0 Å². The summed E-state index contributed by atoms with van der Waals surface area (Å²) in [6, 6.07) is 11.0. The first-order valence-corrected chi connectivity index (χ1v) is 7.35. The Labute approximate surface area is 116 Å². The van der Waals surface area contributed by atoms with Crippen molar-refractivity contribution in [3.05, 3.63) is 35.9 Å². The summed E-state index contributed by atoms with van der Waals surface area (Å²) < 4.78 is 0. The van der Waals surface area contributed by atoms with Crippen molar-refractivity contribution in [3.8, 4) is 0 Å². The standard InChI is InChI=1S/C16H25N3/c1-2-3-11-19(14-9-10-14)12-15(16(17)18)13-7-5-4-6-8-13/h4-8,14-15H,2-3,9-12H2,1H3,(H3,17,18). The maximum absolute atomic E-state index is 7.87. The number of nitrogens with two attached hydrogens (primary N) is 1. The van der Waals surface area contributed by atoms with E-state index in [2.05, 4.69) is 24.0 Å². The molecular formula is C16H25N3. The quantitative estimate of drug-likeness (QED) is 0.557. The minimum atomic E-state index is 0.0404. The molecule has 0 saturated heterocycles. The Balaban J connectivity index is 2.04. The molecule has 0 radical (unpaired) electrons. The molecule has 1 aliphatic carbocycles. The second-order valence-corrected chi connectivity index (χ2v) is 5.50. The van der Waals surface area contributed by atoms with Gasteiger partial charge in [-0.15, -0.1) is 0 Å². The molecule has 0 amide bonds. The van der Waals surface area contributed by atoms with Crippen LogP contribution in [0.4, 0.5) is 0 Å². The Bertz CT molecular complexity index is 398. The van der Waals surface area contributed by atoms with Crippen molar-refractivity contribution in [2.75, 3.05) is 13.1 Å². The van der Waals surface area contributed by atoms with E-state index < -0.39 is 0 Å². The lowest BCUT2D eigenvalue weighted by molar-refractivity contribution is 0.256. The molecule has 1 aliphatic rings. The van der Waals surface area contributed by atoms with E-state index in [1.807, 2.05) is 18.2 Å². The zero-order valence-corrected chi connectivity index (χ0v) is 11.8. The Morgan fingerprint density at radius 1 is 1.37 bits per heavy atom. The first kappa shape index (κ1) is 14.1. The average molecular weight is 259 g/mol. The van der Waals surface area contributed by atoms with E-state index in [1.165, 1.54) is 25.7 Å². The molecule has 1 fully saturated rings. The van der Waals surface area contributed by atoms with E-state index in [0.717, 1.165) is 24.7 Å². The van der Waals surface area contributed by atoms with Gasteiger partial charge < -0.3 is 5.73 Å². The summed E-state index contributed by atoms with van der Waals surface area (Å²) in [6.45, 7) is 4.26. The van der Waals surface area contributed by atoms with Gasteiger partial charge in [-0.3, -0.25) is 10.3 Å². The van der Waals surface area contributed by atoms with Gasteiger partial charge in [-0.25, -0.2) is 0 Å². The van der Waals surface area contributed by atoms with Gasteiger partial charge in [0.1, 0.15) is 0 Å². The van der Waals surface area contributed by atoms with Crippen LogP contribution in [-0.2, 0) is 0 Å². The van der Waals surface area contributed by atoms with Gasteiger partial charge in [0, 0.05) is 12.6 Å². The first-order valence-electron chi connectivity index (χ1n) is 7.35. The second-order valence-electron chi connectivity index (χ2n) is 5.50. The molecule has 3 N–H and O–H groups in total. The van der Waals surface area contributed by atoms with Crippen LogP contribution in [0.2, 0.25) is 0 Å². The van der Waals surface area contributed by atoms with Crippen LogP contribution >= 0.6 is 0 Å². The van der Waals surface area contributed by atoms with Crippen LogP contribution in [0.3, 0.4) is 0 Å². The number of nitrogens with zero attached hydrogens (tertiary/aromatic N) is 1. The van der Waals surface area contributed by atoms with E-state index in [0.29, 0.717) is 0 Å². The Morgan fingerprint density at radius 2 is 2.05 bits per heavy atom. The van der Waals surface area contributed by atoms with Crippen molar-refractivity contribution in [2.24, 2.45) is 5.73 Å². The van der Waals surface area contributed by atoms with Crippen molar-refractivity contribution in [1.82, 2.24) is 4.90 Å². The lowest BCUT2D eigenvalue weighted by atomic mass is 9.97. The molecule has 0 aromatic heterocycles. The number of unbranched alkanes of at least 4 members (excludes halogenated alkanes) is 1. The molecule has 0 aliphatic heterocycles. The van der Waals surface area contributed by atoms with Crippen molar-refractivity contribution in [2.45, 2.75) is 44.6 Å². The molecule has 2 rings (SSSR count). The van der Waals surface area contributed by atoms with E-state index in [9.17, 15) is 0 Å². The number of hydrogen-bond donors (Lipinski definition) is 2. The van der Waals surface area contributed by atoms with Crippen molar-refractivity contribution in [1.29, 1.82) is 5.41 Å². The minimum absolute atomic E-state index is 0.0404. The molecule has 1 saturated carbocycles. The molecule has 1 atom stereocenters. The zero-order valence-electron chi connectivity index (χ0n) is 11.8. The van der Waals surface area contributed by atoms with Gasteiger partial charge in [-0.05, 0) is 31.4 Å². The van der Waals surface area contributed by atoms with Crippen LogP contribution < -0.4 is 5.73 Å². The molecule has 3 nitrogen and oxygen atoms in total. The molecule has 1 unspecified atom stereocenters. The molecule has 0 heterocycles. The summed E-state index contributed by atoms with van der Waals surface area (Å²) in [4.78, 5) is 2.53. The van der Waals surface area contributed by atoms with Crippen LogP contribution in [0.15, 0.2) is 30.3 Å². The molecule has 104 valence electrons. The number of amidine groups is 1. The fourth-order valence-corrected chi connectivity index (χ4v) is 2.53. The van der Waals surface area contributed by atoms with Gasteiger partial charge in [0.05, 0.1) is 11.8 Å². The number of nitrogens with one attached hydrogen (secondary N) is 1. The van der Waals surface area contributed by atoms with Gasteiger partial charge >= 0.3 is 0 Å². The van der Waals surface area contributed by atoms with E-state index in [4.69, 9.17) is 11.1 Å². The average Bonchev–Trinajstić information content (AvgIpc) is 3.24. The maximum atomic E-state index is 7.87. The summed E-state index contributed by atoms with van der Waals surface area (Å²) in [6.07, 6.45) is 5.07. The number of rotatable bonds is 8. The van der Waals surface area contributed by atoms with Crippen LogP contribution in [-0.4, -0.2) is 29.9 Å². The molecule has 19 heavy (non-hydrogen) atoms. The van der Waals surface area contributed by atoms with Gasteiger partial charge in [-0.1, -0.05) is 43.7 Å². The molecule has 3 heteroatoms. The highest BCUT2D eigenvalue weighted by Crippen LogP contribution is 2.29. The smallest absolute Gasteiger partial charge is 0.0995 e. The third kappa shape index (κ3) is 4.06. The molecule has 0 bridgehead atoms. The lowest BCUT2D eigenvalue weighted by Crippen LogP contribution is -2.36. The van der Waals surface area contributed by atoms with Gasteiger partial charge in [0.25, 0.3) is 0 Å². The van der Waals surface area contributed by atoms with Gasteiger partial charge in [0.15, 0.2) is 0 Å². The van der Waals surface area contributed by atoms with Crippen molar-refractivity contribution >= 4 is 5.84 Å².